The van der Waals surface area contributed by atoms with E-state index in [1.165, 1.54) is 53.2 Å². The van der Waals surface area contributed by atoms with Crippen molar-refractivity contribution >= 4 is 59.0 Å². The number of nitrogens with zero attached hydrogens (tertiary/aromatic N) is 1. The van der Waals surface area contributed by atoms with Crippen molar-refractivity contribution in [3.8, 4) is 0 Å². The molecule has 136 valence electrons. The van der Waals surface area contributed by atoms with Gasteiger partial charge in [0.1, 0.15) is 0 Å². The van der Waals surface area contributed by atoms with Gasteiger partial charge < -0.3 is 4.57 Å². The van der Waals surface area contributed by atoms with E-state index in [0.717, 1.165) is 6.42 Å². The summed E-state index contributed by atoms with van der Waals surface area (Å²) in [6, 6.07) is 20.3. The van der Waals surface area contributed by atoms with Crippen LogP contribution in [-0.4, -0.2) is 4.57 Å². The van der Waals surface area contributed by atoms with Crippen molar-refractivity contribution in [3.05, 3.63) is 78.4 Å². The zero-order chi connectivity index (χ0) is 18.8. The number of benzene rings is 3. The molecule has 1 atom stereocenters. The van der Waals surface area contributed by atoms with Crippen LogP contribution in [0.2, 0.25) is 0 Å². The van der Waals surface area contributed by atoms with Gasteiger partial charge in [-0.15, -0.1) is 11.3 Å². The molecule has 2 heterocycles. The van der Waals surface area contributed by atoms with Crippen LogP contribution in [0, 0.1) is 12.8 Å². The highest BCUT2D eigenvalue weighted by atomic mass is 32.1. The lowest BCUT2D eigenvalue weighted by Gasteiger charge is -2.16. The number of allylic oxidation sites excluding steroid dienone is 4. The predicted molar refractivity (Wildman–Crippen MR) is 124 cm³/mol. The Morgan fingerprint density at radius 3 is 2.71 bits per heavy atom. The Morgan fingerprint density at radius 2 is 1.82 bits per heavy atom. The smallest absolute Gasteiger partial charge is 0.0634 e. The molecule has 0 aliphatic heterocycles. The number of hydrogen-bond acceptors (Lipinski definition) is 1. The summed E-state index contributed by atoms with van der Waals surface area (Å²) in [7, 11) is 0. The van der Waals surface area contributed by atoms with E-state index < -0.39 is 0 Å². The van der Waals surface area contributed by atoms with E-state index in [1.54, 1.807) is 0 Å². The second-order valence-electron chi connectivity index (χ2n) is 8.00. The molecule has 1 nitrogen and oxygen atoms in total. The van der Waals surface area contributed by atoms with Gasteiger partial charge in [0.2, 0.25) is 0 Å². The van der Waals surface area contributed by atoms with E-state index >= 15 is 0 Å². The van der Waals surface area contributed by atoms with Crippen LogP contribution >= 0.6 is 11.3 Å². The SMILES string of the molecule is Cc1ccc2c(c1)c1ccc3sc4ccccc4c3c1n2C1=CC(C)CC=C1. The summed E-state index contributed by atoms with van der Waals surface area (Å²) in [5, 5.41) is 5.45. The quantitative estimate of drug-likeness (QED) is 0.279. The Labute approximate surface area is 168 Å². The fourth-order valence-electron chi connectivity index (χ4n) is 4.67. The molecule has 28 heavy (non-hydrogen) atoms. The van der Waals surface area contributed by atoms with Gasteiger partial charge in [0.05, 0.1) is 11.0 Å². The molecule has 0 fully saturated rings. The standard InChI is InChI=1S/C26H21NS/c1-16-6-5-7-18(14-16)27-22-12-10-17(2)15-21(22)19-11-13-24-25(26(19)27)20-8-3-4-9-23(20)28-24/h3-5,7-16H,6H2,1-2H3. The van der Waals surface area contributed by atoms with Crippen molar-refractivity contribution in [2.24, 2.45) is 5.92 Å². The van der Waals surface area contributed by atoms with Gasteiger partial charge in [0, 0.05) is 36.6 Å². The number of hydrogen-bond donors (Lipinski definition) is 0. The third-order valence-electron chi connectivity index (χ3n) is 5.93. The molecule has 0 saturated carbocycles. The summed E-state index contributed by atoms with van der Waals surface area (Å²) in [6.45, 7) is 4.49. The second-order valence-corrected chi connectivity index (χ2v) is 9.08. The minimum atomic E-state index is 0.566. The second kappa shape index (κ2) is 5.83. The monoisotopic (exact) mass is 379 g/mol. The molecule has 0 amide bonds. The van der Waals surface area contributed by atoms with Crippen molar-refractivity contribution < 1.29 is 0 Å². The summed E-state index contributed by atoms with van der Waals surface area (Å²) in [5.41, 5.74) is 5.25. The first kappa shape index (κ1) is 16.1. The third kappa shape index (κ3) is 2.18. The van der Waals surface area contributed by atoms with E-state index in [4.69, 9.17) is 0 Å². The fraction of sp³-hybridized carbons (Fsp3) is 0.154. The average molecular weight is 380 g/mol. The van der Waals surface area contributed by atoms with Gasteiger partial charge in [-0.25, -0.2) is 0 Å². The number of fused-ring (bicyclic) bond motifs is 7. The number of rotatable bonds is 1. The first-order valence-electron chi connectivity index (χ1n) is 9.94. The van der Waals surface area contributed by atoms with Crippen molar-refractivity contribution in [2.45, 2.75) is 20.3 Å². The Hall–Kier alpha value is -2.84. The van der Waals surface area contributed by atoms with Gasteiger partial charge >= 0.3 is 0 Å². The largest absolute Gasteiger partial charge is 0.309 e. The molecule has 3 aromatic carbocycles. The Kier molecular flexibility index (Phi) is 3.36. The van der Waals surface area contributed by atoms with Gasteiger partial charge in [0.15, 0.2) is 0 Å². The number of thiophene rings is 1. The molecule has 5 aromatic rings. The van der Waals surface area contributed by atoms with Crippen LogP contribution in [0.5, 0.6) is 0 Å². The molecule has 0 N–H and O–H groups in total. The van der Waals surface area contributed by atoms with Gasteiger partial charge in [-0.2, -0.15) is 0 Å². The minimum Gasteiger partial charge on any atom is -0.309 e. The molecule has 0 spiro atoms. The lowest BCUT2D eigenvalue weighted by Crippen LogP contribution is -2.01. The van der Waals surface area contributed by atoms with Crippen molar-refractivity contribution in [3.63, 3.8) is 0 Å². The molecule has 2 aromatic heterocycles. The molecule has 6 rings (SSSR count). The maximum absolute atomic E-state index is 2.50. The zero-order valence-electron chi connectivity index (χ0n) is 16.1. The minimum absolute atomic E-state index is 0.566. The zero-order valence-corrected chi connectivity index (χ0v) is 16.9. The summed E-state index contributed by atoms with van der Waals surface area (Å²) in [4.78, 5) is 0. The third-order valence-corrected chi connectivity index (χ3v) is 7.07. The van der Waals surface area contributed by atoms with Crippen LogP contribution in [0.15, 0.2) is 72.8 Å². The molecule has 1 aliphatic rings. The molecule has 1 unspecified atom stereocenters. The van der Waals surface area contributed by atoms with Gasteiger partial charge in [0.25, 0.3) is 0 Å². The Morgan fingerprint density at radius 1 is 0.929 bits per heavy atom. The first-order valence-corrected chi connectivity index (χ1v) is 10.8. The van der Waals surface area contributed by atoms with Crippen molar-refractivity contribution in [2.75, 3.05) is 0 Å². The summed E-state index contributed by atoms with van der Waals surface area (Å²) >= 11 is 1.89. The van der Waals surface area contributed by atoms with Crippen LogP contribution in [0.3, 0.4) is 0 Å². The fourth-order valence-corrected chi connectivity index (χ4v) is 5.77. The highest BCUT2D eigenvalue weighted by molar-refractivity contribution is 7.26. The van der Waals surface area contributed by atoms with Gasteiger partial charge in [-0.1, -0.05) is 55.0 Å². The Bertz CT molecular complexity index is 1460. The predicted octanol–water partition coefficient (Wildman–Crippen LogP) is 7.91. The topological polar surface area (TPSA) is 4.93 Å². The summed E-state index contributed by atoms with van der Waals surface area (Å²) in [6.07, 6.45) is 8.16. The maximum atomic E-state index is 2.50. The van der Waals surface area contributed by atoms with Gasteiger partial charge in [-0.05, 0) is 49.6 Å². The normalized spacial score (nSPS) is 17.2. The molecule has 0 bridgehead atoms. The highest BCUT2D eigenvalue weighted by Gasteiger charge is 2.19. The lowest BCUT2D eigenvalue weighted by molar-refractivity contribution is 0.735. The molecular weight excluding hydrogens is 358 g/mol. The molecule has 1 aliphatic carbocycles. The summed E-state index contributed by atoms with van der Waals surface area (Å²) < 4.78 is 5.22. The van der Waals surface area contributed by atoms with E-state index in [1.807, 2.05) is 11.3 Å². The maximum Gasteiger partial charge on any atom is 0.0634 e. The van der Waals surface area contributed by atoms with E-state index in [-0.39, 0.29) is 0 Å². The van der Waals surface area contributed by atoms with Gasteiger partial charge in [-0.3, -0.25) is 0 Å². The average Bonchev–Trinajstić information content (AvgIpc) is 3.23. The number of aryl methyl sites for hydroxylation is 1. The highest BCUT2D eigenvalue weighted by Crippen LogP contribution is 2.43. The van der Waals surface area contributed by atoms with Crippen molar-refractivity contribution in [1.82, 2.24) is 4.57 Å². The van der Waals surface area contributed by atoms with E-state index in [2.05, 4.69) is 91.2 Å². The van der Waals surface area contributed by atoms with E-state index in [0.29, 0.717) is 5.92 Å². The molecular formula is C26H21NS. The van der Waals surface area contributed by atoms with Crippen molar-refractivity contribution in [1.29, 1.82) is 0 Å². The first-order chi connectivity index (χ1) is 13.7. The van der Waals surface area contributed by atoms with Crippen LogP contribution in [0.4, 0.5) is 0 Å². The molecule has 2 heteroatoms. The molecule has 0 radical (unpaired) electrons. The summed E-state index contributed by atoms with van der Waals surface area (Å²) in [5.74, 6) is 0.566. The van der Waals surface area contributed by atoms with Crippen LogP contribution < -0.4 is 0 Å². The number of aromatic nitrogens is 1. The van der Waals surface area contributed by atoms with Crippen LogP contribution in [-0.2, 0) is 0 Å². The lowest BCUT2D eigenvalue weighted by atomic mass is 10.0. The van der Waals surface area contributed by atoms with Crippen LogP contribution in [0.1, 0.15) is 18.9 Å². The van der Waals surface area contributed by atoms with Crippen LogP contribution in [0.25, 0.3) is 47.7 Å². The van der Waals surface area contributed by atoms with E-state index in [9.17, 15) is 0 Å². The Balaban J connectivity index is 1.89. The molecule has 0 saturated heterocycles.